The van der Waals surface area contributed by atoms with Gasteiger partial charge in [0.1, 0.15) is 6.54 Å². The normalized spacial score (nSPS) is 16.8. The van der Waals surface area contributed by atoms with Crippen LogP contribution in [-0.2, 0) is 17.8 Å². The molecule has 5 nitrogen and oxygen atoms in total. The molecule has 1 heterocycles. The Balaban J connectivity index is 1.55. The van der Waals surface area contributed by atoms with Crippen molar-refractivity contribution in [3.8, 4) is 0 Å². The SMILES string of the molecule is O=C(Cn1c(=O)oc2ccccc21)N[C@H]1CCCc2ccccc21. The third kappa shape index (κ3) is 2.62. The molecule has 122 valence electrons. The van der Waals surface area contributed by atoms with E-state index in [1.807, 2.05) is 18.2 Å². The molecule has 5 heteroatoms. The molecule has 0 spiro atoms. The number of nitrogens with zero attached hydrogens (tertiary/aromatic N) is 1. The van der Waals surface area contributed by atoms with Crippen LogP contribution in [0.5, 0.6) is 0 Å². The Kier molecular flexibility index (Phi) is 3.69. The van der Waals surface area contributed by atoms with Gasteiger partial charge in [0.15, 0.2) is 5.58 Å². The highest BCUT2D eigenvalue weighted by atomic mass is 16.4. The van der Waals surface area contributed by atoms with Crippen LogP contribution in [0.1, 0.15) is 30.0 Å². The Labute approximate surface area is 138 Å². The lowest BCUT2D eigenvalue weighted by Gasteiger charge is -2.26. The van der Waals surface area contributed by atoms with E-state index < -0.39 is 5.76 Å². The van der Waals surface area contributed by atoms with Crippen molar-refractivity contribution in [3.05, 3.63) is 70.2 Å². The van der Waals surface area contributed by atoms with Crippen molar-refractivity contribution >= 4 is 17.0 Å². The second-order valence-electron chi connectivity index (χ2n) is 6.13. The number of nitrogens with one attached hydrogen (secondary N) is 1. The number of aryl methyl sites for hydroxylation is 1. The number of aromatic nitrogens is 1. The second-order valence-corrected chi connectivity index (χ2v) is 6.13. The van der Waals surface area contributed by atoms with Gasteiger partial charge in [0.2, 0.25) is 5.91 Å². The molecule has 4 rings (SSSR count). The number of benzene rings is 2. The second kappa shape index (κ2) is 6.00. The molecule has 1 atom stereocenters. The number of para-hydroxylation sites is 2. The zero-order valence-electron chi connectivity index (χ0n) is 13.2. The van der Waals surface area contributed by atoms with Crippen LogP contribution in [0, 0.1) is 0 Å². The predicted molar refractivity (Wildman–Crippen MR) is 90.7 cm³/mol. The molecule has 1 aromatic heterocycles. The standard InChI is InChI=1S/C19H18N2O3/c22-18(12-21-16-10-3-4-11-17(16)24-19(21)23)20-15-9-5-7-13-6-1-2-8-14(13)15/h1-4,6,8,10-11,15H,5,7,9,12H2,(H,20,22)/t15-/m0/s1. The zero-order valence-corrected chi connectivity index (χ0v) is 13.2. The number of carbonyl (C=O) groups excluding carboxylic acids is 1. The maximum absolute atomic E-state index is 12.5. The van der Waals surface area contributed by atoms with E-state index >= 15 is 0 Å². The summed E-state index contributed by atoms with van der Waals surface area (Å²) in [6.07, 6.45) is 3.02. The summed E-state index contributed by atoms with van der Waals surface area (Å²) in [6, 6.07) is 15.3. The summed E-state index contributed by atoms with van der Waals surface area (Å²) in [5.74, 6) is -0.680. The van der Waals surface area contributed by atoms with Crippen LogP contribution < -0.4 is 11.1 Å². The summed E-state index contributed by atoms with van der Waals surface area (Å²) in [6.45, 7) is -0.0332. The summed E-state index contributed by atoms with van der Waals surface area (Å²) < 4.78 is 6.55. The Morgan fingerprint density at radius 2 is 1.96 bits per heavy atom. The summed E-state index contributed by atoms with van der Waals surface area (Å²) in [5, 5.41) is 3.06. The fourth-order valence-electron chi connectivity index (χ4n) is 3.45. The van der Waals surface area contributed by atoms with Crippen LogP contribution in [0.15, 0.2) is 57.7 Å². The van der Waals surface area contributed by atoms with Crippen molar-refractivity contribution in [2.24, 2.45) is 0 Å². The van der Waals surface area contributed by atoms with Crippen LogP contribution in [0.3, 0.4) is 0 Å². The summed E-state index contributed by atoms with van der Waals surface area (Å²) in [5.41, 5.74) is 3.61. The first kappa shape index (κ1) is 14.8. The van der Waals surface area contributed by atoms with E-state index in [-0.39, 0.29) is 18.5 Å². The fourth-order valence-corrected chi connectivity index (χ4v) is 3.45. The highest BCUT2D eigenvalue weighted by Crippen LogP contribution is 2.29. The molecule has 0 aliphatic heterocycles. The van der Waals surface area contributed by atoms with Gasteiger partial charge < -0.3 is 9.73 Å². The molecule has 24 heavy (non-hydrogen) atoms. The number of fused-ring (bicyclic) bond motifs is 2. The van der Waals surface area contributed by atoms with Crippen molar-refractivity contribution in [1.29, 1.82) is 0 Å². The van der Waals surface area contributed by atoms with Gasteiger partial charge in [-0.15, -0.1) is 0 Å². The minimum atomic E-state index is -0.504. The Morgan fingerprint density at radius 1 is 1.17 bits per heavy atom. The highest BCUT2D eigenvalue weighted by molar-refractivity contribution is 5.79. The lowest BCUT2D eigenvalue weighted by Crippen LogP contribution is -2.35. The van der Waals surface area contributed by atoms with Crippen molar-refractivity contribution < 1.29 is 9.21 Å². The predicted octanol–water partition coefficient (Wildman–Crippen LogP) is 2.79. The summed E-state index contributed by atoms with van der Waals surface area (Å²) in [4.78, 5) is 24.5. The molecule has 0 fully saturated rings. The highest BCUT2D eigenvalue weighted by Gasteiger charge is 2.22. The fraction of sp³-hybridized carbons (Fsp3) is 0.263. The van der Waals surface area contributed by atoms with E-state index in [9.17, 15) is 9.59 Å². The minimum Gasteiger partial charge on any atom is -0.408 e. The molecule has 1 aliphatic carbocycles. The number of amides is 1. The van der Waals surface area contributed by atoms with Crippen LogP contribution in [-0.4, -0.2) is 10.5 Å². The van der Waals surface area contributed by atoms with E-state index in [0.29, 0.717) is 11.1 Å². The van der Waals surface area contributed by atoms with Crippen LogP contribution >= 0.6 is 0 Å². The van der Waals surface area contributed by atoms with Gasteiger partial charge in [-0.05, 0) is 42.5 Å². The monoisotopic (exact) mass is 322 g/mol. The lowest BCUT2D eigenvalue weighted by molar-refractivity contribution is -0.122. The van der Waals surface area contributed by atoms with Gasteiger partial charge in [-0.25, -0.2) is 4.79 Å². The smallest absolute Gasteiger partial charge is 0.408 e. The van der Waals surface area contributed by atoms with Gasteiger partial charge in [0.05, 0.1) is 11.6 Å². The molecule has 0 unspecified atom stereocenters. The topological polar surface area (TPSA) is 64.2 Å². The van der Waals surface area contributed by atoms with Gasteiger partial charge in [0, 0.05) is 0 Å². The van der Waals surface area contributed by atoms with Crippen molar-refractivity contribution in [2.45, 2.75) is 31.8 Å². The Morgan fingerprint density at radius 3 is 2.88 bits per heavy atom. The van der Waals surface area contributed by atoms with Crippen molar-refractivity contribution in [2.75, 3.05) is 0 Å². The molecule has 3 aromatic rings. The Hall–Kier alpha value is -2.82. The minimum absolute atomic E-state index is 0.0105. The molecule has 1 amide bonds. The molecular weight excluding hydrogens is 304 g/mol. The summed E-state index contributed by atoms with van der Waals surface area (Å²) in [7, 11) is 0. The molecule has 0 saturated heterocycles. The number of carbonyl (C=O) groups is 1. The van der Waals surface area contributed by atoms with Crippen LogP contribution in [0.4, 0.5) is 0 Å². The van der Waals surface area contributed by atoms with Crippen molar-refractivity contribution in [3.63, 3.8) is 0 Å². The summed E-state index contributed by atoms with van der Waals surface area (Å²) >= 11 is 0. The Bertz CT molecular complexity index is 954. The molecule has 0 saturated carbocycles. The van der Waals surface area contributed by atoms with Crippen LogP contribution in [0.2, 0.25) is 0 Å². The first-order valence-corrected chi connectivity index (χ1v) is 8.18. The van der Waals surface area contributed by atoms with E-state index in [1.165, 1.54) is 15.7 Å². The van der Waals surface area contributed by atoms with Crippen molar-refractivity contribution in [1.82, 2.24) is 9.88 Å². The molecular formula is C19H18N2O3. The third-order valence-corrected chi connectivity index (χ3v) is 4.58. The van der Waals surface area contributed by atoms with E-state index in [2.05, 4.69) is 17.4 Å². The van der Waals surface area contributed by atoms with E-state index in [4.69, 9.17) is 4.42 Å². The number of hydrogen-bond donors (Lipinski definition) is 1. The largest absolute Gasteiger partial charge is 0.420 e. The lowest BCUT2D eigenvalue weighted by atomic mass is 9.88. The molecule has 1 N–H and O–H groups in total. The van der Waals surface area contributed by atoms with Gasteiger partial charge >= 0.3 is 5.76 Å². The average Bonchev–Trinajstić information content (AvgIpc) is 2.91. The zero-order chi connectivity index (χ0) is 16.5. The number of hydrogen-bond acceptors (Lipinski definition) is 3. The quantitative estimate of drug-likeness (QED) is 0.806. The number of oxazole rings is 1. The molecule has 1 aliphatic rings. The van der Waals surface area contributed by atoms with E-state index in [0.717, 1.165) is 19.3 Å². The molecule has 0 radical (unpaired) electrons. The first-order valence-electron chi connectivity index (χ1n) is 8.18. The van der Waals surface area contributed by atoms with Gasteiger partial charge in [-0.3, -0.25) is 9.36 Å². The van der Waals surface area contributed by atoms with Gasteiger partial charge in [0.25, 0.3) is 0 Å². The number of rotatable bonds is 3. The average molecular weight is 322 g/mol. The first-order chi connectivity index (χ1) is 11.7. The van der Waals surface area contributed by atoms with E-state index in [1.54, 1.807) is 18.2 Å². The molecule has 0 bridgehead atoms. The van der Waals surface area contributed by atoms with Gasteiger partial charge in [-0.2, -0.15) is 0 Å². The maximum atomic E-state index is 12.5. The van der Waals surface area contributed by atoms with Crippen LogP contribution in [0.25, 0.3) is 11.1 Å². The maximum Gasteiger partial charge on any atom is 0.420 e. The van der Waals surface area contributed by atoms with Gasteiger partial charge in [-0.1, -0.05) is 36.4 Å². The molecule has 2 aromatic carbocycles. The third-order valence-electron chi connectivity index (χ3n) is 4.58.